The zero-order valence-corrected chi connectivity index (χ0v) is 11.1. The molecule has 1 aromatic heterocycles. The van der Waals surface area contributed by atoms with E-state index in [-0.39, 0.29) is 6.54 Å². The molecule has 2 atom stereocenters. The number of aromatic nitrogens is 2. The van der Waals surface area contributed by atoms with Crippen LogP contribution in [0, 0.1) is 0 Å². The molecule has 8 heteroatoms. The molecule has 0 spiro atoms. The van der Waals surface area contributed by atoms with Crippen LogP contribution < -0.4 is 5.32 Å². The molecule has 0 fully saturated rings. The number of aryl methyl sites for hydroxylation is 1. The lowest BCUT2D eigenvalue weighted by Crippen LogP contribution is -2.51. The Hall–Kier alpha value is -2.09. The summed E-state index contributed by atoms with van der Waals surface area (Å²) in [6, 6.07) is -1.92. The number of carbonyl (C=O) groups excluding carboxylic acids is 1. The Balaban J connectivity index is 2.62. The summed E-state index contributed by atoms with van der Waals surface area (Å²) in [4.78, 5) is 28.0. The van der Waals surface area contributed by atoms with Crippen LogP contribution in [0.25, 0.3) is 0 Å². The summed E-state index contributed by atoms with van der Waals surface area (Å²) in [5.74, 6) is -0.615. The standard InChI is InChI=1S/C11H18N4O4/c1-7(16)9(10(17)18)13-11(19)15(3)6-8-12-4-5-14(8)2/h4-5,7,9,16H,6H2,1-3H3,(H,13,19)(H,17,18). The van der Waals surface area contributed by atoms with Crippen molar-refractivity contribution in [2.45, 2.75) is 25.6 Å². The van der Waals surface area contributed by atoms with E-state index in [0.29, 0.717) is 5.82 Å². The summed E-state index contributed by atoms with van der Waals surface area (Å²) in [7, 11) is 3.31. The fraction of sp³-hybridized carbons (Fsp3) is 0.545. The lowest BCUT2D eigenvalue weighted by Gasteiger charge is -2.22. The Labute approximate surface area is 110 Å². The summed E-state index contributed by atoms with van der Waals surface area (Å²) in [6.07, 6.45) is 2.18. The van der Waals surface area contributed by atoms with Crippen LogP contribution in [0.5, 0.6) is 0 Å². The lowest BCUT2D eigenvalue weighted by molar-refractivity contribution is -0.141. The quantitative estimate of drug-likeness (QED) is 0.662. The van der Waals surface area contributed by atoms with Gasteiger partial charge in [-0.15, -0.1) is 0 Å². The summed E-state index contributed by atoms with van der Waals surface area (Å²) >= 11 is 0. The second-order valence-corrected chi connectivity index (χ2v) is 4.32. The largest absolute Gasteiger partial charge is 0.480 e. The third kappa shape index (κ3) is 3.95. The van der Waals surface area contributed by atoms with Crippen LogP contribution in [0.15, 0.2) is 12.4 Å². The fourth-order valence-corrected chi connectivity index (χ4v) is 1.46. The highest BCUT2D eigenvalue weighted by molar-refractivity contribution is 5.82. The van der Waals surface area contributed by atoms with Crippen LogP contribution in [0.1, 0.15) is 12.7 Å². The molecule has 2 amide bonds. The molecule has 106 valence electrons. The van der Waals surface area contributed by atoms with Crippen molar-refractivity contribution in [3.8, 4) is 0 Å². The fourth-order valence-electron chi connectivity index (χ4n) is 1.46. The molecular formula is C11H18N4O4. The number of aliphatic carboxylic acids is 1. The molecular weight excluding hydrogens is 252 g/mol. The Morgan fingerprint density at radius 2 is 2.21 bits per heavy atom. The van der Waals surface area contributed by atoms with Gasteiger partial charge in [-0.25, -0.2) is 14.6 Å². The van der Waals surface area contributed by atoms with Gasteiger partial charge in [-0.3, -0.25) is 0 Å². The van der Waals surface area contributed by atoms with Gasteiger partial charge in [0.05, 0.1) is 12.6 Å². The van der Waals surface area contributed by atoms with Gasteiger partial charge in [0.15, 0.2) is 6.04 Å². The SMILES string of the molecule is CC(O)C(NC(=O)N(C)Cc1nccn1C)C(=O)O. The number of hydrogen-bond donors (Lipinski definition) is 3. The first-order valence-corrected chi connectivity index (χ1v) is 5.71. The number of hydrogen-bond acceptors (Lipinski definition) is 4. The van der Waals surface area contributed by atoms with Crippen molar-refractivity contribution in [1.29, 1.82) is 0 Å². The number of imidazole rings is 1. The van der Waals surface area contributed by atoms with Crippen molar-refractivity contribution in [3.63, 3.8) is 0 Å². The minimum Gasteiger partial charge on any atom is -0.480 e. The van der Waals surface area contributed by atoms with Crippen molar-refractivity contribution in [2.75, 3.05) is 7.05 Å². The van der Waals surface area contributed by atoms with Gasteiger partial charge in [-0.05, 0) is 6.92 Å². The molecule has 2 unspecified atom stereocenters. The first kappa shape index (κ1) is 15.0. The highest BCUT2D eigenvalue weighted by Gasteiger charge is 2.26. The van der Waals surface area contributed by atoms with E-state index < -0.39 is 24.1 Å². The van der Waals surface area contributed by atoms with Gasteiger partial charge < -0.3 is 25.0 Å². The van der Waals surface area contributed by atoms with E-state index in [0.717, 1.165) is 0 Å². The minimum atomic E-state index is -1.34. The van der Waals surface area contributed by atoms with Crippen molar-refractivity contribution in [1.82, 2.24) is 19.8 Å². The molecule has 0 saturated carbocycles. The van der Waals surface area contributed by atoms with Crippen LogP contribution >= 0.6 is 0 Å². The van der Waals surface area contributed by atoms with E-state index in [1.807, 2.05) is 0 Å². The van der Waals surface area contributed by atoms with Crippen LogP contribution in [-0.4, -0.2) is 55.9 Å². The van der Waals surface area contributed by atoms with Gasteiger partial charge in [0.1, 0.15) is 5.82 Å². The van der Waals surface area contributed by atoms with Gasteiger partial charge in [-0.1, -0.05) is 0 Å². The van der Waals surface area contributed by atoms with E-state index in [9.17, 15) is 14.7 Å². The molecule has 0 aliphatic rings. The Morgan fingerprint density at radius 3 is 2.63 bits per heavy atom. The number of amides is 2. The number of aliphatic hydroxyl groups excluding tert-OH is 1. The average Bonchev–Trinajstić information content (AvgIpc) is 2.70. The van der Waals surface area contributed by atoms with Crippen molar-refractivity contribution in [2.24, 2.45) is 7.05 Å². The van der Waals surface area contributed by atoms with Gasteiger partial charge >= 0.3 is 12.0 Å². The van der Waals surface area contributed by atoms with E-state index >= 15 is 0 Å². The molecule has 0 aliphatic heterocycles. The summed E-state index contributed by atoms with van der Waals surface area (Å²) in [6.45, 7) is 1.54. The Morgan fingerprint density at radius 1 is 1.58 bits per heavy atom. The number of aliphatic hydroxyl groups is 1. The van der Waals surface area contributed by atoms with Crippen molar-refractivity contribution >= 4 is 12.0 Å². The Bertz CT molecular complexity index is 457. The van der Waals surface area contributed by atoms with Crippen LogP contribution in [0.2, 0.25) is 0 Å². The molecule has 1 heterocycles. The van der Waals surface area contributed by atoms with E-state index in [1.54, 1.807) is 24.0 Å². The van der Waals surface area contributed by atoms with Gasteiger partial charge in [0.2, 0.25) is 0 Å². The lowest BCUT2D eigenvalue weighted by atomic mass is 10.2. The maximum absolute atomic E-state index is 11.8. The zero-order valence-electron chi connectivity index (χ0n) is 11.1. The maximum Gasteiger partial charge on any atom is 0.328 e. The zero-order chi connectivity index (χ0) is 14.6. The number of carboxylic acid groups (broad SMARTS) is 1. The third-order valence-electron chi connectivity index (χ3n) is 2.67. The van der Waals surface area contributed by atoms with Crippen LogP contribution in [0.3, 0.4) is 0 Å². The van der Waals surface area contributed by atoms with Gasteiger partial charge in [0.25, 0.3) is 0 Å². The van der Waals surface area contributed by atoms with Crippen LogP contribution in [0.4, 0.5) is 4.79 Å². The normalized spacial score (nSPS) is 13.7. The molecule has 19 heavy (non-hydrogen) atoms. The average molecular weight is 270 g/mol. The topological polar surface area (TPSA) is 108 Å². The maximum atomic E-state index is 11.8. The predicted octanol–water partition coefficient (Wildman–Crippen LogP) is -0.605. The molecule has 1 aromatic rings. The van der Waals surface area contributed by atoms with E-state index in [4.69, 9.17) is 5.11 Å². The van der Waals surface area contributed by atoms with E-state index in [1.165, 1.54) is 18.9 Å². The molecule has 0 aromatic carbocycles. The number of carbonyl (C=O) groups is 2. The molecule has 1 rings (SSSR count). The monoisotopic (exact) mass is 270 g/mol. The summed E-state index contributed by atoms with van der Waals surface area (Å²) in [5.41, 5.74) is 0. The highest BCUT2D eigenvalue weighted by atomic mass is 16.4. The number of carboxylic acids is 1. The second kappa shape index (κ2) is 6.19. The molecule has 0 radical (unpaired) electrons. The number of rotatable bonds is 5. The number of urea groups is 1. The number of nitrogens with zero attached hydrogens (tertiary/aromatic N) is 3. The first-order chi connectivity index (χ1) is 8.82. The van der Waals surface area contributed by atoms with Gasteiger partial charge in [-0.2, -0.15) is 0 Å². The van der Waals surface area contributed by atoms with Crippen molar-refractivity contribution < 1.29 is 19.8 Å². The molecule has 8 nitrogen and oxygen atoms in total. The van der Waals surface area contributed by atoms with Gasteiger partial charge in [0, 0.05) is 26.5 Å². The predicted molar refractivity (Wildman–Crippen MR) is 66.3 cm³/mol. The Kier molecular flexibility index (Phi) is 4.87. The molecule has 0 aliphatic carbocycles. The number of nitrogens with one attached hydrogen (secondary N) is 1. The van der Waals surface area contributed by atoms with Crippen molar-refractivity contribution in [3.05, 3.63) is 18.2 Å². The second-order valence-electron chi connectivity index (χ2n) is 4.32. The molecule has 3 N–H and O–H groups in total. The van der Waals surface area contributed by atoms with Crippen LogP contribution in [-0.2, 0) is 18.4 Å². The minimum absolute atomic E-state index is 0.238. The third-order valence-corrected chi connectivity index (χ3v) is 2.67. The molecule has 0 saturated heterocycles. The highest BCUT2D eigenvalue weighted by Crippen LogP contribution is 2.01. The summed E-state index contributed by atoms with van der Waals surface area (Å²) < 4.78 is 1.76. The first-order valence-electron chi connectivity index (χ1n) is 5.71. The van der Waals surface area contributed by atoms with E-state index in [2.05, 4.69) is 10.3 Å². The smallest absolute Gasteiger partial charge is 0.328 e. The molecule has 0 bridgehead atoms. The summed E-state index contributed by atoms with van der Waals surface area (Å²) in [5, 5.41) is 20.4.